The van der Waals surface area contributed by atoms with E-state index in [0.29, 0.717) is 12.5 Å². The molecule has 0 aliphatic carbocycles. The quantitative estimate of drug-likeness (QED) is 0.678. The fourth-order valence-corrected chi connectivity index (χ4v) is 1.90. The average Bonchev–Trinajstić information content (AvgIpc) is 2.44. The summed E-state index contributed by atoms with van der Waals surface area (Å²) in [6.07, 6.45) is 5.04. The van der Waals surface area contributed by atoms with Crippen LogP contribution in [0.25, 0.3) is 6.08 Å². The van der Waals surface area contributed by atoms with Gasteiger partial charge >= 0.3 is 0 Å². The standard InChI is InChI=1S/C18H27NO/c1-5-11-20-18-10-8-7-9-17(18)12-16(6-2)14-19-13-15(3)4/h5,7-10,12,15,19H,1,6,11,13-14H2,2-4H3. The Morgan fingerprint density at radius 3 is 2.75 bits per heavy atom. The van der Waals surface area contributed by atoms with Crippen molar-refractivity contribution < 1.29 is 4.74 Å². The van der Waals surface area contributed by atoms with Crippen molar-refractivity contribution in [1.82, 2.24) is 5.32 Å². The average molecular weight is 273 g/mol. The molecule has 0 fully saturated rings. The molecule has 1 aromatic rings. The minimum absolute atomic E-state index is 0.540. The van der Waals surface area contributed by atoms with Gasteiger partial charge in [0.25, 0.3) is 0 Å². The van der Waals surface area contributed by atoms with E-state index in [9.17, 15) is 0 Å². The summed E-state index contributed by atoms with van der Waals surface area (Å²) >= 11 is 0. The SMILES string of the molecule is C=CCOc1ccccc1C=C(CC)CNCC(C)C. The van der Waals surface area contributed by atoms with Gasteiger partial charge in [-0.2, -0.15) is 0 Å². The first kappa shape index (κ1) is 16.5. The first-order valence-electron chi connectivity index (χ1n) is 7.40. The van der Waals surface area contributed by atoms with Crippen molar-refractivity contribution in [3.63, 3.8) is 0 Å². The third-order valence-corrected chi connectivity index (χ3v) is 2.99. The minimum Gasteiger partial charge on any atom is -0.489 e. The third-order valence-electron chi connectivity index (χ3n) is 2.99. The molecule has 0 bridgehead atoms. The molecule has 1 aromatic carbocycles. The molecule has 0 aromatic heterocycles. The fraction of sp³-hybridized carbons (Fsp3) is 0.444. The molecule has 110 valence electrons. The van der Waals surface area contributed by atoms with Crippen LogP contribution >= 0.6 is 0 Å². The van der Waals surface area contributed by atoms with E-state index in [1.54, 1.807) is 6.08 Å². The topological polar surface area (TPSA) is 21.3 Å². The van der Waals surface area contributed by atoms with E-state index in [4.69, 9.17) is 4.74 Å². The van der Waals surface area contributed by atoms with E-state index in [1.165, 1.54) is 5.57 Å². The van der Waals surface area contributed by atoms with Crippen molar-refractivity contribution in [1.29, 1.82) is 0 Å². The van der Waals surface area contributed by atoms with Crippen molar-refractivity contribution in [3.05, 3.63) is 48.1 Å². The molecule has 0 atom stereocenters. The Kier molecular flexibility index (Phi) is 7.74. The fourth-order valence-electron chi connectivity index (χ4n) is 1.90. The summed E-state index contributed by atoms with van der Waals surface area (Å²) in [4.78, 5) is 0. The van der Waals surface area contributed by atoms with Crippen molar-refractivity contribution in [2.24, 2.45) is 5.92 Å². The highest BCUT2D eigenvalue weighted by Crippen LogP contribution is 2.21. The highest BCUT2D eigenvalue weighted by atomic mass is 16.5. The summed E-state index contributed by atoms with van der Waals surface area (Å²) in [5.74, 6) is 1.60. The van der Waals surface area contributed by atoms with Crippen LogP contribution in [0, 0.1) is 5.92 Å². The number of hydrogen-bond acceptors (Lipinski definition) is 2. The normalized spacial score (nSPS) is 11.7. The summed E-state index contributed by atoms with van der Waals surface area (Å²) in [7, 11) is 0. The molecule has 0 saturated carbocycles. The first-order valence-corrected chi connectivity index (χ1v) is 7.40. The Morgan fingerprint density at radius 1 is 1.35 bits per heavy atom. The molecule has 0 radical (unpaired) electrons. The van der Waals surface area contributed by atoms with Gasteiger partial charge in [-0.25, -0.2) is 0 Å². The number of benzene rings is 1. The Balaban J connectivity index is 2.75. The Morgan fingerprint density at radius 2 is 2.10 bits per heavy atom. The van der Waals surface area contributed by atoms with E-state index in [2.05, 4.69) is 44.8 Å². The van der Waals surface area contributed by atoms with Gasteiger partial charge in [0, 0.05) is 12.1 Å². The lowest BCUT2D eigenvalue weighted by atomic mass is 10.1. The van der Waals surface area contributed by atoms with Crippen LogP contribution in [0.3, 0.4) is 0 Å². The van der Waals surface area contributed by atoms with Crippen molar-refractivity contribution in [2.45, 2.75) is 27.2 Å². The molecule has 2 nitrogen and oxygen atoms in total. The van der Waals surface area contributed by atoms with Gasteiger partial charge in [-0.1, -0.05) is 63.3 Å². The highest BCUT2D eigenvalue weighted by molar-refractivity contribution is 5.60. The van der Waals surface area contributed by atoms with Gasteiger partial charge in [0.1, 0.15) is 12.4 Å². The van der Waals surface area contributed by atoms with E-state index in [-0.39, 0.29) is 0 Å². The van der Waals surface area contributed by atoms with Crippen molar-refractivity contribution in [3.8, 4) is 5.75 Å². The summed E-state index contributed by atoms with van der Waals surface area (Å²) in [5.41, 5.74) is 2.53. The number of ether oxygens (including phenoxy) is 1. The summed E-state index contributed by atoms with van der Waals surface area (Å²) in [6.45, 7) is 12.8. The summed E-state index contributed by atoms with van der Waals surface area (Å²) < 4.78 is 5.69. The van der Waals surface area contributed by atoms with Gasteiger partial charge < -0.3 is 10.1 Å². The monoisotopic (exact) mass is 273 g/mol. The molecule has 1 rings (SSSR count). The van der Waals surface area contributed by atoms with E-state index >= 15 is 0 Å². The van der Waals surface area contributed by atoms with Crippen LogP contribution < -0.4 is 10.1 Å². The molecular weight excluding hydrogens is 246 g/mol. The minimum atomic E-state index is 0.540. The Bertz CT molecular complexity index is 435. The molecular formula is C18H27NO. The zero-order valence-electron chi connectivity index (χ0n) is 13.0. The largest absolute Gasteiger partial charge is 0.489 e. The molecule has 0 aliphatic heterocycles. The predicted octanol–water partition coefficient (Wildman–Crippen LogP) is 4.29. The van der Waals surface area contributed by atoms with Crippen LogP contribution in [0.4, 0.5) is 0 Å². The predicted molar refractivity (Wildman–Crippen MR) is 88.1 cm³/mol. The van der Waals surface area contributed by atoms with Crippen LogP contribution in [-0.4, -0.2) is 19.7 Å². The maximum atomic E-state index is 5.69. The molecule has 20 heavy (non-hydrogen) atoms. The molecule has 0 amide bonds. The van der Waals surface area contributed by atoms with E-state index < -0.39 is 0 Å². The zero-order valence-corrected chi connectivity index (χ0v) is 13.0. The molecule has 0 unspecified atom stereocenters. The lowest BCUT2D eigenvalue weighted by Crippen LogP contribution is -2.21. The number of rotatable bonds is 9. The summed E-state index contributed by atoms with van der Waals surface area (Å²) in [5, 5.41) is 3.49. The van der Waals surface area contributed by atoms with E-state index in [0.717, 1.165) is 30.8 Å². The Hall–Kier alpha value is -1.54. The van der Waals surface area contributed by atoms with Crippen LogP contribution in [-0.2, 0) is 0 Å². The number of nitrogens with one attached hydrogen (secondary N) is 1. The van der Waals surface area contributed by atoms with Gasteiger partial charge in [-0.15, -0.1) is 0 Å². The molecule has 0 saturated heterocycles. The summed E-state index contributed by atoms with van der Waals surface area (Å²) in [6, 6.07) is 8.14. The third kappa shape index (κ3) is 6.07. The van der Waals surface area contributed by atoms with Crippen LogP contribution in [0.1, 0.15) is 32.8 Å². The van der Waals surface area contributed by atoms with Crippen LogP contribution in [0.2, 0.25) is 0 Å². The van der Waals surface area contributed by atoms with Gasteiger partial charge in [-0.3, -0.25) is 0 Å². The van der Waals surface area contributed by atoms with Crippen molar-refractivity contribution >= 4 is 6.08 Å². The molecule has 0 spiro atoms. The molecule has 0 heterocycles. The van der Waals surface area contributed by atoms with Crippen LogP contribution in [0.5, 0.6) is 5.75 Å². The van der Waals surface area contributed by atoms with Gasteiger partial charge in [0.05, 0.1) is 0 Å². The van der Waals surface area contributed by atoms with E-state index in [1.807, 2.05) is 18.2 Å². The van der Waals surface area contributed by atoms with Gasteiger partial charge in [0.15, 0.2) is 0 Å². The smallest absolute Gasteiger partial charge is 0.126 e. The van der Waals surface area contributed by atoms with Crippen LogP contribution in [0.15, 0.2) is 42.5 Å². The Labute approximate surface area is 123 Å². The lowest BCUT2D eigenvalue weighted by Gasteiger charge is -2.11. The van der Waals surface area contributed by atoms with Crippen molar-refractivity contribution in [2.75, 3.05) is 19.7 Å². The zero-order chi connectivity index (χ0) is 14.8. The molecule has 0 aliphatic rings. The lowest BCUT2D eigenvalue weighted by molar-refractivity contribution is 0.362. The molecule has 1 N–H and O–H groups in total. The highest BCUT2D eigenvalue weighted by Gasteiger charge is 2.02. The van der Waals surface area contributed by atoms with Gasteiger partial charge in [0.2, 0.25) is 0 Å². The second kappa shape index (κ2) is 9.38. The second-order valence-electron chi connectivity index (χ2n) is 5.32. The first-order chi connectivity index (χ1) is 9.67. The number of hydrogen-bond donors (Lipinski definition) is 1. The second-order valence-corrected chi connectivity index (χ2v) is 5.32. The maximum Gasteiger partial charge on any atom is 0.126 e. The molecule has 2 heteroatoms. The maximum absolute atomic E-state index is 5.69. The number of para-hydroxylation sites is 1. The van der Waals surface area contributed by atoms with Gasteiger partial charge in [-0.05, 0) is 24.9 Å².